The number of hydrogen-bond donors (Lipinski definition) is 5. The lowest BCUT2D eigenvalue weighted by atomic mass is 9.91. The van der Waals surface area contributed by atoms with Gasteiger partial charge in [-0.15, -0.1) is 0 Å². The van der Waals surface area contributed by atoms with Crippen molar-refractivity contribution in [1.82, 2.24) is 20.2 Å². The Balaban J connectivity index is 1.59. The number of aromatic amines is 2. The third kappa shape index (κ3) is 3.39. The summed E-state index contributed by atoms with van der Waals surface area (Å²) in [6.45, 7) is 2.02. The summed E-state index contributed by atoms with van der Waals surface area (Å²) in [6.07, 6.45) is 5.99. The molecule has 154 valence electrons. The molecule has 0 spiro atoms. The van der Waals surface area contributed by atoms with Crippen molar-refractivity contribution < 1.29 is 0 Å². The van der Waals surface area contributed by atoms with Crippen molar-refractivity contribution in [3.63, 3.8) is 0 Å². The lowest BCUT2D eigenvalue weighted by molar-refractivity contribution is 0.403. The van der Waals surface area contributed by atoms with Gasteiger partial charge < -0.3 is 21.4 Å². The van der Waals surface area contributed by atoms with E-state index in [0.717, 1.165) is 53.4 Å². The molecule has 30 heavy (non-hydrogen) atoms. The molecule has 0 radical (unpaired) electrons. The first kappa shape index (κ1) is 18.6. The van der Waals surface area contributed by atoms with E-state index in [9.17, 15) is 4.79 Å². The molecular weight excluding hydrogens is 378 g/mol. The summed E-state index contributed by atoms with van der Waals surface area (Å²) in [5.74, 6) is 1.19. The summed E-state index contributed by atoms with van der Waals surface area (Å²) in [4.78, 5) is 20.7. The molecule has 0 bridgehead atoms. The van der Waals surface area contributed by atoms with Crippen LogP contribution in [0.25, 0.3) is 21.7 Å². The molecule has 8 nitrogen and oxygen atoms in total. The molecule has 5 rings (SSSR count). The van der Waals surface area contributed by atoms with Crippen molar-refractivity contribution in [3.8, 4) is 0 Å². The first-order valence-corrected chi connectivity index (χ1v) is 10.3. The van der Waals surface area contributed by atoms with Gasteiger partial charge in [0.25, 0.3) is 5.56 Å². The van der Waals surface area contributed by atoms with Crippen LogP contribution in [0, 0.1) is 6.92 Å². The van der Waals surface area contributed by atoms with Crippen molar-refractivity contribution in [2.75, 3.05) is 10.6 Å². The van der Waals surface area contributed by atoms with Crippen molar-refractivity contribution in [2.45, 2.75) is 44.7 Å². The number of fused-ring (bicyclic) bond motifs is 2. The van der Waals surface area contributed by atoms with Gasteiger partial charge in [0.2, 0.25) is 0 Å². The van der Waals surface area contributed by atoms with Gasteiger partial charge in [0.05, 0.1) is 11.6 Å². The van der Waals surface area contributed by atoms with Crippen LogP contribution in [-0.2, 0) is 0 Å². The summed E-state index contributed by atoms with van der Waals surface area (Å²) < 4.78 is 0. The molecule has 1 fully saturated rings. The number of anilines is 3. The number of rotatable bonds is 4. The SMILES string of the molecule is Cc1cc2c(Nc3nc(NC4CCCCC4N)cc4cn[nH]c(=O)c34)cccc2[nH]1. The minimum absolute atomic E-state index is 0.0986. The van der Waals surface area contributed by atoms with Gasteiger partial charge in [0.1, 0.15) is 11.6 Å². The fourth-order valence-electron chi connectivity index (χ4n) is 4.35. The van der Waals surface area contributed by atoms with Gasteiger partial charge >= 0.3 is 0 Å². The smallest absolute Gasteiger partial charge is 0.275 e. The first-order chi connectivity index (χ1) is 14.6. The fourth-order valence-corrected chi connectivity index (χ4v) is 4.35. The maximum atomic E-state index is 12.6. The highest BCUT2D eigenvalue weighted by atomic mass is 16.1. The predicted octanol–water partition coefficient (Wildman–Crippen LogP) is 3.53. The van der Waals surface area contributed by atoms with Gasteiger partial charge in [-0.3, -0.25) is 4.79 Å². The number of aryl methyl sites for hydroxylation is 1. The molecule has 1 saturated carbocycles. The Labute approximate surface area is 173 Å². The number of pyridine rings is 1. The molecule has 3 heterocycles. The van der Waals surface area contributed by atoms with Crippen LogP contribution in [0.1, 0.15) is 31.4 Å². The van der Waals surface area contributed by atoms with Crippen LogP contribution in [0.4, 0.5) is 17.3 Å². The third-order valence-electron chi connectivity index (χ3n) is 5.85. The van der Waals surface area contributed by atoms with Gasteiger partial charge in [-0.05, 0) is 44.0 Å². The maximum Gasteiger partial charge on any atom is 0.275 e. The Morgan fingerprint density at radius 3 is 2.93 bits per heavy atom. The Kier molecular flexibility index (Phi) is 4.63. The van der Waals surface area contributed by atoms with E-state index in [1.807, 2.05) is 31.2 Å². The number of nitrogens with two attached hydrogens (primary N) is 1. The number of hydrogen-bond acceptors (Lipinski definition) is 6. The Bertz CT molecular complexity index is 1280. The van der Waals surface area contributed by atoms with E-state index in [4.69, 9.17) is 10.7 Å². The van der Waals surface area contributed by atoms with E-state index in [1.54, 1.807) is 6.20 Å². The average Bonchev–Trinajstić information content (AvgIpc) is 3.11. The lowest BCUT2D eigenvalue weighted by Crippen LogP contribution is -2.42. The molecule has 8 heteroatoms. The quantitative estimate of drug-likeness (QED) is 0.355. The zero-order valence-corrected chi connectivity index (χ0v) is 16.8. The molecule has 0 aliphatic heterocycles. The van der Waals surface area contributed by atoms with Gasteiger partial charge in [0.15, 0.2) is 0 Å². The molecule has 2 unspecified atom stereocenters. The van der Waals surface area contributed by atoms with Crippen molar-refractivity contribution in [1.29, 1.82) is 0 Å². The molecule has 4 aromatic rings. The van der Waals surface area contributed by atoms with Gasteiger partial charge in [-0.25, -0.2) is 10.1 Å². The van der Waals surface area contributed by atoms with Crippen LogP contribution >= 0.6 is 0 Å². The van der Waals surface area contributed by atoms with E-state index in [1.165, 1.54) is 0 Å². The lowest BCUT2D eigenvalue weighted by Gasteiger charge is -2.30. The molecule has 0 saturated heterocycles. The van der Waals surface area contributed by atoms with Crippen molar-refractivity contribution in [3.05, 3.63) is 52.6 Å². The Morgan fingerprint density at radius 2 is 2.07 bits per heavy atom. The van der Waals surface area contributed by atoms with Crippen LogP contribution in [-0.4, -0.2) is 32.2 Å². The van der Waals surface area contributed by atoms with Crippen LogP contribution in [0.15, 0.2) is 41.3 Å². The van der Waals surface area contributed by atoms with Crippen molar-refractivity contribution >= 4 is 39.0 Å². The summed E-state index contributed by atoms with van der Waals surface area (Å²) in [6, 6.07) is 10.2. The standard InChI is InChI=1S/C22H25N7O/c1-12-9-14-16(25-12)7-4-8-17(14)27-21-20-13(11-24-29-22(20)30)10-19(28-21)26-18-6-3-2-5-15(18)23/h4,7-11,15,18,25H,2-3,5-6,23H2,1H3,(H,29,30)(H2,26,27,28). The highest BCUT2D eigenvalue weighted by Crippen LogP contribution is 2.30. The topological polar surface area (TPSA) is 125 Å². The average molecular weight is 403 g/mol. The fraction of sp³-hybridized carbons (Fsp3) is 0.318. The second kappa shape index (κ2) is 7.46. The largest absolute Gasteiger partial charge is 0.366 e. The number of benzene rings is 1. The molecule has 3 aromatic heterocycles. The normalized spacial score (nSPS) is 19.3. The van der Waals surface area contributed by atoms with E-state index in [-0.39, 0.29) is 17.6 Å². The molecule has 1 aromatic carbocycles. The molecule has 0 amide bonds. The monoisotopic (exact) mass is 403 g/mol. The highest BCUT2D eigenvalue weighted by Gasteiger charge is 2.22. The second-order valence-electron chi connectivity index (χ2n) is 8.06. The molecule has 1 aliphatic rings. The predicted molar refractivity (Wildman–Crippen MR) is 120 cm³/mol. The molecule has 2 atom stereocenters. The Hall–Kier alpha value is -3.39. The van der Waals surface area contributed by atoms with Crippen molar-refractivity contribution in [2.24, 2.45) is 5.73 Å². The van der Waals surface area contributed by atoms with Gasteiger partial charge in [-0.2, -0.15) is 5.10 Å². The highest BCUT2D eigenvalue weighted by molar-refractivity contribution is 5.99. The van der Waals surface area contributed by atoms with Crippen LogP contribution < -0.4 is 21.9 Å². The second-order valence-corrected chi connectivity index (χ2v) is 8.06. The van der Waals surface area contributed by atoms with E-state index < -0.39 is 0 Å². The van der Waals surface area contributed by atoms with Gasteiger partial charge in [-0.1, -0.05) is 18.9 Å². The van der Waals surface area contributed by atoms with Crippen LogP contribution in [0.5, 0.6) is 0 Å². The van der Waals surface area contributed by atoms with Gasteiger partial charge in [0, 0.05) is 39.8 Å². The minimum atomic E-state index is -0.277. The number of nitrogens with zero attached hydrogens (tertiary/aromatic N) is 2. The number of nitrogens with one attached hydrogen (secondary N) is 4. The number of aromatic nitrogens is 4. The third-order valence-corrected chi connectivity index (χ3v) is 5.85. The minimum Gasteiger partial charge on any atom is -0.366 e. The van der Waals surface area contributed by atoms with E-state index in [0.29, 0.717) is 17.0 Å². The summed E-state index contributed by atoms with van der Waals surface area (Å²) in [5, 5.41) is 15.6. The van der Waals surface area contributed by atoms with E-state index >= 15 is 0 Å². The summed E-state index contributed by atoms with van der Waals surface area (Å²) in [7, 11) is 0. The zero-order chi connectivity index (χ0) is 20.7. The molecule has 1 aliphatic carbocycles. The van der Waals surface area contributed by atoms with Crippen LogP contribution in [0.2, 0.25) is 0 Å². The maximum absolute atomic E-state index is 12.6. The van der Waals surface area contributed by atoms with E-state index in [2.05, 4.69) is 31.9 Å². The molecule has 6 N–H and O–H groups in total. The summed E-state index contributed by atoms with van der Waals surface area (Å²) >= 11 is 0. The molecular formula is C22H25N7O. The zero-order valence-electron chi connectivity index (χ0n) is 16.8. The Morgan fingerprint density at radius 1 is 1.20 bits per heavy atom. The summed E-state index contributed by atoms with van der Waals surface area (Å²) in [5.41, 5.74) is 9.02. The number of H-pyrrole nitrogens is 2. The first-order valence-electron chi connectivity index (χ1n) is 10.3. The van der Waals surface area contributed by atoms with Crippen LogP contribution in [0.3, 0.4) is 0 Å².